The lowest BCUT2D eigenvalue weighted by Gasteiger charge is -2.18. The summed E-state index contributed by atoms with van der Waals surface area (Å²) >= 11 is 1.68. The minimum absolute atomic E-state index is 0.248. The molecule has 0 bridgehead atoms. The monoisotopic (exact) mass is 240 g/mol. The van der Waals surface area contributed by atoms with Crippen LogP contribution in [-0.4, -0.2) is 5.11 Å². The largest absolute Gasteiger partial charge is 0.388 e. The Morgan fingerprint density at radius 1 is 1.38 bits per heavy atom. The molecule has 0 amide bonds. The van der Waals surface area contributed by atoms with Gasteiger partial charge in [-0.1, -0.05) is 39.5 Å². The minimum atomic E-state index is -0.248. The van der Waals surface area contributed by atoms with Gasteiger partial charge in [0.1, 0.15) is 0 Å². The second kappa shape index (κ2) is 7.08. The van der Waals surface area contributed by atoms with Gasteiger partial charge in [-0.25, -0.2) is 0 Å². The van der Waals surface area contributed by atoms with E-state index in [2.05, 4.69) is 32.2 Å². The molecule has 0 spiro atoms. The SMILES string of the molecule is CCCCC(CC)CC(O)c1sccc1C. The average Bonchev–Trinajstić information content (AvgIpc) is 2.70. The summed E-state index contributed by atoms with van der Waals surface area (Å²) in [7, 11) is 0. The smallest absolute Gasteiger partial charge is 0.0887 e. The van der Waals surface area contributed by atoms with Crippen molar-refractivity contribution in [3.05, 3.63) is 21.9 Å². The lowest BCUT2D eigenvalue weighted by atomic mass is 9.92. The molecule has 0 aliphatic rings. The molecule has 0 aliphatic carbocycles. The van der Waals surface area contributed by atoms with E-state index in [1.54, 1.807) is 11.3 Å². The van der Waals surface area contributed by atoms with Crippen molar-refractivity contribution < 1.29 is 5.11 Å². The van der Waals surface area contributed by atoms with Gasteiger partial charge < -0.3 is 5.11 Å². The molecule has 0 fully saturated rings. The molecule has 0 radical (unpaired) electrons. The Bertz CT molecular complexity index is 293. The molecule has 2 atom stereocenters. The predicted octanol–water partition coefficient (Wildman–Crippen LogP) is 4.70. The second-order valence-electron chi connectivity index (χ2n) is 4.64. The van der Waals surface area contributed by atoms with Crippen molar-refractivity contribution in [2.45, 2.75) is 59.0 Å². The molecule has 1 aromatic heterocycles. The lowest BCUT2D eigenvalue weighted by Crippen LogP contribution is -2.06. The Morgan fingerprint density at radius 3 is 2.62 bits per heavy atom. The lowest BCUT2D eigenvalue weighted by molar-refractivity contribution is 0.142. The summed E-state index contributed by atoms with van der Waals surface area (Å²) in [6.45, 7) is 6.54. The number of hydrogen-bond acceptors (Lipinski definition) is 2. The Kier molecular flexibility index (Phi) is 6.07. The maximum atomic E-state index is 10.2. The van der Waals surface area contributed by atoms with E-state index in [-0.39, 0.29) is 6.10 Å². The van der Waals surface area contributed by atoms with Crippen LogP contribution >= 0.6 is 11.3 Å². The van der Waals surface area contributed by atoms with Crippen LogP contribution in [0.4, 0.5) is 0 Å². The molecular formula is C14H24OS. The van der Waals surface area contributed by atoms with Crippen molar-refractivity contribution in [1.82, 2.24) is 0 Å². The van der Waals surface area contributed by atoms with Crippen molar-refractivity contribution in [2.75, 3.05) is 0 Å². The molecule has 1 nitrogen and oxygen atoms in total. The van der Waals surface area contributed by atoms with Gasteiger partial charge >= 0.3 is 0 Å². The van der Waals surface area contributed by atoms with E-state index < -0.39 is 0 Å². The maximum Gasteiger partial charge on any atom is 0.0887 e. The van der Waals surface area contributed by atoms with E-state index in [0.717, 1.165) is 11.3 Å². The molecule has 16 heavy (non-hydrogen) atoms. The first-order chi connectivity index (χ1) is 7.69. The van der Waals surface area contributed by atoms with Crippen LogP contribution in [0.3, 0.4) is 0 Å². The van der Waals surface area contributed by atoms with E-state index in [9.17, 15) is 5.11 Å². The fraction of sp³-hybridized carbons (Fsp3) is 0.714. The molecule has 1 heterocycles. The van der Waals surface area contributed by atoms with Crippen molar-refractivity contribution in [2.24, 2.45) is 5.92 Å². The Balaban J connectivity index is 2.48. The zero-order chi connectivity index (χ0) is 12.0. The Labute approximate surface area is 104 Å². The summed E-state index contributed by atoms with van der Waals surface area (Å²) in [5.41, 5.74) is 1.24. The van der Waals surface area contributed by atoms with Gasteiger partial charge in [-0.2, -0.15) is 0 Å². The van der Waals surface area contributed by atoms with Crippen molar-refractivity contribution in [1.29, 1.82) is 0 Å². The number of rotatable bonds is 7. The van der Waals surface area contributed by atoms with Gasteiger partial charge in [0.25, 0.3) is 0 Å². The fourth-order valence-corrected chi connectivity index (χ4v) is 3.06. The van der Waals surface area contributed by atoms with Crippen molar-refractivity contribution in [3.8, 4) is 0 Å². The Hall–Kier alpha value is -0.340. The van der Waals surface area contributed by atoms with Crippen LogP contribution < -0.4 is 0 Å². The van der Waals surface area contributed by atoms with E-state index in [1.165, 1.54) is 31.2 Å². The van der Waals surface area contributed by atoms with Gasteiger partial charge in [-0.05, 0) is 36.3 Å². The highest BCUT2D eigenvalue weighted by Gasteiger charge is 2.16. The zero-order valence-electron chi connectivity index (χ0n) is 10.7. The minimum Gasteiger partial charge on any atom is -0.388 e. The second-order valence-corrected chi connectivity index (χ2v) is 5.58. The molecule has 0 saturated carbocycles. The van der Waals surface area contributed by atoms with E-state index in [1.807, 2.05) is 0 Å². The van der Waals surface area contributed by atoms with Crippen molar-refractivity contribution >= 4 is 11.3 Å². The van der Waals surface area contributed by atoms with E-state index in [0.29, 0.717) is 5.92 Å². The van der Waals surface area contributed by atoms with Crippen LogP contribution in [0, 0.1) is 12.8 Å². The molecular weight excluding hydrogens is 216 g/mol. The molecule has 1 rings (SSSR count). The van der Waals surface area contributed by atoms with Gasteiger partial charge in [0, 0.05) is 4.88 Å². The predicted molar refractivity (Wildman–Crippen MR) is 71.9 cm³/mol. The molecule has 92 valence electrons. The third-order valence-electron chi connectivity index (χ3n) is 3.30. The van der Waals surface area contributed by atoms with Crippen LogP contribution in [0.2, 0.25) is 0 Å². The number of unbranched alkanes of at least 4 members (excludes halogenated alkanes) is 1. The first kappa shape index (κ1) is 13.7. The van der Waals surface area contributed by atoms with Gasteiger partial charge in [0.05, 0.1) is 6.10 Å². The molecule has 2 heteroatoms. The fourth-order valence-electron chi connectivity index (χ4n) is 2.13. The number of aliphatic hydroxyl groups is 1. The summed E-state index contributed by atoms with van der Waals surface area (Å²) in [4.78, 5) is 1.16. The highest BCUT2D eigenvalue weighted by Crippen LogP contribution is 2.31. The highest BCUT2D eigenvalue weighted by atomic mass is 32.1. The summed E-state index contributed by atoms with van der Waals surface area (Å²) in [5.74, 6) is 0.677. The number of thiophene rings is 1. The molecule has 0 saturated heterocycles. The molecule has 0 aromatic carbocycles. The van der Waals surface area contributed by atoms with Gasteiger partial charge in [-0.15, -0.1) is 11.3 Å². The number of hydrogen-bond donors (Lipinski definition) is 1. The molecule has 1 aromatic rings. The molecule has 2 unspecified atom stereocenters. The molecule has 1 N–H and O–H groups in total. The highest BCUT2D eigenvalue weighted by molar-refractivity contribution is 7.10. The first-order valence-electron chi connectivity index (χ1n) is 6.41. The third-order valence-corrected chi connectivity index (χ3v) is 4.42. The van der Waals surface area contributed by atoms with Crippen LogP contribution in [0.5, 0.6) is 0 Å². The van der Waals surface area contributed by atoms with Crippen LogP contribution in [0.1, 0.15) is 62.5 Å². The Morgan fingerprint density at radius 2 is 2.12 bits per heavy atom. The van der Waals surface area contributed by atoms with E-state index in [4.69, 9.17) is 0 Å². The number of aryl methyl sites for hydroxylation is 1. The van der Waals surface area contributed by atoms with Gasteiger partial charge in [0.2, 0.25) is 0 Å². The van der Waals surface area contributed by atoms with Gasteiger partial charge in [0.15, 0.2) is 0 Å². The zero-order valence-corrected chi connectivity index (χ0v) is 11.5. The average molecular weight is 240 g/mol. The quantitative estimate of drug-likeness (QED) is 0.732. The molecule has 0 aliphatic heterocycles. The van der Waals surface area contributed by atoms with Crippen LogP contribution in [-0.2, 0) is 0 Å². The van der Waals surface area contributed by atoms with Gasteiger partial charge in [-0.3, -0.25) is 0 Å². The maximum absolute atomic E-state index is 10.2. The number of aliphatic hydroxyl groups excluding tert-OH is 1. The first-order valence-corrected chi connectivity index (χ1v) is 7.29. The van der Waals surface area contributed by atoms with Crippen molar-refractivity contribution in [3.63, 3.8) is 0 Å². The summed E-state index contributed by atoms with van der Waals surface area (Å²) in [6, 6.07) is 2.09. The summed E-state index contributed by atoms with van der Waals surface area (Å²) < 4.78 is 0. The summed E-state index contributed by atoms with van der Waals surface area (Å²) in [5, 5.41) is 12.3. The van der Waals surface area contributed by atoms with E-state index >= 15 is 0 Å². The third kappa shape index (κ3) is 3.91. The van der Waals surface area contributed by atoms with Crippen LogP contribution in [0.15, 0.2) is 11.4 Å². The summed E-state index contributed by atoms with van der Waals surface area (Å²) in [6.07, 6.45) is 5.66. The van der Waals surface area contributed by atoms with Crippen LogP contribution in [0.25, 0.3) is 0 Å². The standard InChI is InChI=1S/C14H24OS/c1-4-6-7-12(5-2)10-13(15)14-11(3)8-9-16-14/h8-9,12-13,15H,4-7,10H2,1-3H3. The topological polar surface area (TPSA) is 20.2 Å². The normalized spacial score (nSPS) is 15.0.